The Morgan fingerprint density at radius 1 is 1.23 bits per heavy atom. The van der Waals surface area contributed by atoms with Crippen LogP contribution in [0.4, 0.5) is 0 Å². The Morgan fingerprint density at radius 2 is 1.86 bits per heavy atom. The van der Waals surface area contributed by atoms with Gasteiger partial charge in [0, 0.05) is 5.92 Å². The van der Waals surface area contributed by atoms with Gasteiger partial charge in [-0.2, -0.15) is 0 Å². The molecule has 22 heavy (non-hydrogen) atoms. The van der Waals surface area contributed by atoms with E-state index in [1.165, 1.54) is 0 Å². The van der Waals surface area contributed by atoms with Crippen molar-refractivity contribution in [2.24, 2.45) is 17.3 Å². The number of allylic oxidation sites excluding steroid dienone is 3. The standard InChI is InChI=1S/C18H26O4/c1-4-21-16(19)18(17(20)22-5-2)12-13(3)14-10-8-6-7-9-11-15(14)18/h8,10,14-15H,3-7,9,11-12H2,1-2H3/b10-8-/t14-,15+/m0/s1. The predicted octanol–water partition coefficient (Wildman–Crippen LogP) is 3.42. The van der Waals surface area contributed by atoms with Crippen LogP contribution in [0.25, 0.3) is 0 Å². The molecule has 0 spiro atoms. The molecule has 0 aromatic heterocycles. The Balaban J connectivity index is 2.44. The highest BCUT2D eigenvalue weighted by Gasteiger charge is 2.61. The van der Waals surface area contributed by atoms with Crippen LogP contribution < -0.4 is 0 Å². The summed E-state index contributed by atoms with van der Waals surface area (Å²) in [6.45, 7) is 8.17. The monoisotopic (exact) mass is 306 g/mol. The molecule has 0 aromatic rings. The molecule has 4 nitrogen and oxygen atoms in total. The molecule has 2 aliphatic rings. The summed E-state index contributed by atoms with van der Waals surface area (Å²) in [6.07, 6.45) is 8.55. The van der Waals surface area contributed by atoms with Gasteiger partial charge in [-0.15, -0.1) is 0 Å². The summed E-state index contributed by atoms with van der Waals surface area (Å²) in [6, 6.07) is 0. The van der Waals surface area contributed by atoms with E-state index in [0.717, 1.165) is 31.3 Å². The molecule has 2 aliphatic carbocycles. The van der Waals surface area contributed by atoms with Crippen molar-refractivity contribution >= 4 is 11.9 Å². The van der Waals surface area contributed by atoms with Crippen molar-refractivity contribution in [1.29, 1.82) is 0 Å². The second-order valence-electron chi connectivity index (χ2n) is 6.09. The molecule has 0 aliphatic heterocycles. The fourth-order valence-electron chi connectivity index (χ4n) is 3.81. The molecule has 0 bridgehead atoms. The topological polar surface area (TPSA) is 52.6 Å². The fraction of sp³-hybridized carbons (Fsp3) is 0.667. The zero-order valence-electron chi connectivity index (χ0n) is 13.6. The molecule has 0 aromatic carbocycles. The third-order valence-electron chi connectivity index (χ3n) is 4.80. The van der Waals surface area contributed by atoms with Crippen LogP contribution >= 0.6 is 0 Å². The van der Waals surface area contributed by atoms with E-state index < -0.39 is 17.4 Å². The maximum absolute atomic E-state index is 12.7. The molecule has 0 N–H and O–H groups in total. The Labute approximate surface area is 132 Å². The van der Waals surface area contributed by atoms with Crippen molar-refractivity contribution in [3.63, 3.8) is 0 Å². The van der Waals surface area contributed by atoms with Gasteiger partial charge in [-0.3, -0.25) is 9.59 Å². The largest absolute Gasteiger partial charge is 0.465 e. The minimum absolute atomic E-state index is 0.0640. The van der Waals surface area contributed by atoms with Crippen molar-refractivity contribution in [2.75, 3.05) is 13.2 Å². The molecule has 1 saturated carbocycles. The highest BCUT2D eigenvalue weighted by atomic mass is 16.6. The third kappa shape index (κ3) is 2.83. The van der Waals surface area contributed by atoms with Gasteiger partial charge >= 0.3 is 11.9 Å². The summed E-state index contributed by atoms with van der Waals surface area (Å²) >= 11 is 0. The lowest BCUT2D eigenvalue weighted by molar-refractivity contribution is -0.175. The molecule has 2 atom stereocenters. The van der Waals surface area contributed by atoms with Gasteiger partial charge < -0.3 is 9.47 Å². The van der Waals surface area contributed by atoms with Gasteiger partial charge in [0.05, 0.1) is 13.2 Å². The van der Waals surface area contributed by atoms with Gasteiger partial charge in [-0.05, 0) is 45.4 Å². The third-order valence-corrected chi connectivity index (χ3v) is 4.80. The molecule has 122 valence electrons. The van der Waals surface area contributed by atoms with Crippen molar-refractivity contribution in [2.45, 2.75) is 46.0 Å². The van der Waals surface area contributed by atoms with E-state index in [1.54, 1.807) is 13.8 Å². The summed E-state index contributed by atoms with van der Waals surface area (Å²) in [5.74, 6) is -0.934. The lowest BCUT2D eigenvalue weighted by Gasteiger charge is -2.32. The van der Waals surface area contributed by atoms with Crippen LogP contribution in [0.2, 0.25) is 0 Å². The van der Waals surface area contributed by atoms with Gasteiger partial charge in [-0.1, -0.05) is 30.7 Å². The SMILES string of the molecule is C=C1CC(C(=O)OCC)(C(=O)OCC)[C@@H]2CCCC/C=C\[C@@H]12. The van der Waals surface area contributed by atoms with Crippen molar-refractivity contribution in [3.8, 4) is 0 Å². The van der Waals surface area contributed by atoms with Gasteiger partial charge in [-0.25, -0.2) is 0 Å². The van der Waals surface area contributed by atoms with Crippen LogP contribution in [-0.2, 0) is 19.1 Å². The van der Waals surface area contributed by atoms with Crippen LogP contribution in [-0.4, -0.2) is 25.2 Å². The first-order valence-corrected chi connectivity index (χ1v) is 8.26. The summed E-state index contributed by atoms with van der Waals surface area (Å²) in [5, 5.41) is 0. The lowest BCUT2D eigenvalue weighted by atomic mass is 9.72. The number of carbonyl (C=O) groups is 2. The van der Waals surface area contributed by atoms with Crippen LogP contribution in [0, 0.1) is 17.3 Å². The molecule has 4 heteroatoms. The van der Waals surface area contributed by atoms with Crippen LogP contribution in [0.15, 0.2) is 24.3 Å². The fourth-order valence-corrected chi connectivity index (χ4v) is 3.81. The smallest absolute Gasteiger partial charge is 0.324 e. The van der Waals surface area contributed by atoms with Gasteiger partial charge in [0.1, 0.15) is 0 Å². The number of esters is 2. The van der Waals surface area contributed by atoms with Crippen molar-refractivity contribution < 1.29 is 19.1 Å². The second kappa shape index (κ2) is 7.12. The maximum Gasteiger partial charge on any atom is 0.324 e. The number of ether oxygens (including phenoxy) is 2. The van der Waals surface area contributed by atoms with Gasteiger partial charge in [0.15, 0.2) is 5.41 Å². The predicted molar refractivity (Wildman–Crippen MR) is 84.0 cm³/mol. The molecule has 0 amide bonds. The second-order valence-corrected chi connectivity index (χ2v) is 6.09. The van der Waals surface area contributed by atoms with Crippen LogP contribution in [0.5, 0.6) is 0 Å². The summed E-state index contributed by atoms with van der Waals surface area (Å²) in [7, 11) is 0. The number of hydrogen-bond donors (Lipinski definition) is 0. The number of hydrogen-bond acceptors (Lipinski definition) is 4. The van der Waals surface area contributed by atoms with Gasteiger partial charge in [0.2, 0.25) is 0 Å². The first kappa shape index (κ1) is 16.8. The molecular formula is C18H26O4. The zero-order valence-corrected chi connectivity index (χ0v) is 13.6. The zero-order chi connectivity index (χ0) is 16.2. The normalized spacial score (nSPS) is 28.2. The number of rotatable bonds is 4. The summed E-state index contributed by atoms with van der Waals surface area (Å²) in [4.78, 5) is 25.4. The summed E-state index contributed by atoms with van der Waals surface area (Å²) < 4.78 is 10.5. The lowest BCUT2D eigenvalue weighted by Crippen LogP contribution is -2.46. The highest BCUT2D eigenvalue weighted by Crippen LogP contribution is 2.54. The average Bonchev–Trinajstić information content (AvgIpc) is 2.71. The Bertz CT molecular complexity index is 459. The van der Waals surface area contributed by atoms with E-state index >= 15 is 0 Å². The molecule has 0 unspecified atom stereocenters. The van der Waals surface area contributed by atoms with Crippen LogP contribution in [0.1, 0.15) is 46.0 Å². The minimum atomic E-state index is -1.21. The number of carbonyl (C=O) groups excluding carboxylic acids is 2. The van der Waals surface area contributed by atoms with Gasteiger partial charge in [0.25, 0.3) is 0 Å². The highest BCUT2D eigenvalue weighted by molar-refractivity contribution is 6.01. The Kier molecular flexibility index (Phi) is 5.43. The molecule has 1 fully saturated rings. The molecule has 0 saturated heterocycles. The Hall–Kier alpha value is -1.58. The van der Waals surface area contributed by atoms with Crippen molar-refractivity contribution in [1.82, 2.24) is 0 Å². The molecule has 0 heterocycles. The molecular weight excluding hydrogens is 280 g/mol. The number of fused-ring (bicyclic) bond motifs is 1. The first-order chi connectivity index (χ1) is 10.6. The molecule has 0 radical (unpaired) electrons. The minimum Gasteiger partial charge on any atom is -0.465 e. The quantitative estimate of drug-likeness (QED) is 0.454. The first-order valence-electron chi connectivity index (χ1n) is 8.26. The van der Waals surface area contributed by atoms with E-state index in [1.807, 2.05) is 0 Å². The van der Waals surface area contributed by atoms with E-state index in [0.29, 0.717) is 6.42 Å². The average molecular weight is 306 g/mol. The van der Waals surface area contributed by atoms with Crippen LogP contribution in [0.3, 0.4) is 0 Å². The Morgan fingerprint density at radius 3 is 2.45 bits per heavy atom. The maximum atomic E-state index is 12.7. The van der Waals surface area contributed by atoms with E-state index in [9.17, 15) is 9.59 Å². The summed E-state index contributed by atoms with van der Waals surface area (Å²) in [5.41, 5.74) is -0.278. The van der Waals surface area contributed by atoms with E-state index in [2.05, 4.69) is 18.7 Å². The van der Waals surface area contributed by atoms with Crippen molar-refractivity contribution in [3.05, 3.63) is 24.3 Å². The molecule has 2 rings (SSSR count). The van der Waals surface area contributed by atoms with E-state index in [-0.39, 0.29) is 25.0 Å². The van der Waals surface area contributed by atoms with E-state index in [4.69, 9.17) is 9.47 Å².